The van der Waals surface area contributed by atoms with Crippen LogP contribution in [0.4, 0.5) is 20.4 Å². The summed E-state index contributed by atoms with van der Waals surface area (Å²) >= 11 is 0. The van der Waals surface area contributed by atoms with Crippen molar-refractivity contribution in [2.45, 2.75) is 37.6 Å². The second kappa shape index (κ2) is 7.10. The van der Waals surface area contributed by atoms with Crippen LogP contribution in [0.3, 0.4) is 0 Å². The molecule has 1 aliphatic rings. The molecule has 1 fully saturated rings. The van der Waals surface area contributed by atoms with Crippen LogP contribution in [0.25, 0.3) is 0 Å². The maximum atomic E-state index is 12.9. The molecule has 3 rings (SSSR count). The Bertz CT molecular complexity index is 692. The molecule has 0 bridgehead atoms. The zero-order valence-electron chi connectivity index (χ0n) is 12.3. The minimum absolute atomic E-state index is 0.145. The van der Waals surface area contributed by atoms with E-state index in [1.807, 2.05) is 0 Å². The van der Waals surface area contributed by atoms with E-state index < -0.39 is 15.8 Å². The van der Waals surface area contributed by atoms with Crippen molar-refractivity contribution in [3.63, 3.8) is 0 Å². The molecule has 10 nitrogen and oxygen atoms in total. The highest BCUT2D eigenvalue weighted by atomic mass is 19.3. The SMILES string of the molecule is O=[N+]([O-])c1cc[nH]n1.O=[N+]([O-])c1ccn(C2CCC(F)(F)CC2)n1. The Morgan fingerprint density at radius 3 is 2.21 bits per heavy atom. The number of nitrogens with one attached hydrogen (secondary N) is 1. The summed E-state index contributed by atoms with van der Waals surface area (Å²) in [4.78, 5) is 19.0. The van der Waals surface area contributed by atoms with Crippen molar-refractivity contribution in [1.29, 1.82) is 0 Å². The second-order valence-electron chi connectivity index (χ2n) is 5.19. The van der Waals surface area contributed by atoms with Crippen molar-refractivity contribution in [2.75, 3.05) is 0 Å². The summed E-state index contributed by atoms with van der Waals surface area (Å²) in [6.45, 7) is 0. The first kappa shape index (κ1) is 17.4. The van der Waals surface area contributed by atoms with Gasteiger partial charge in [-0.05, 0) is 22.7 Å². The summed E-state index contributed by atoms with van der Waals surface area (Å²) in [5.41, 5.74) is 0. The van der Waals surface area contributed by atoms with E-state index in [9.17, 15) is 29.0 Å². The van der Waals surface area contributed by atoms with E-state index in [4.69, 9.17) is 0 Å². The van der Waals surface area contributed by atoms with Gasteiger partial charge in [-0.3, -0.25) is 0 Å². The Kier molecular flexibility index (Phi) is 5.16. The summed E-state index contributed by atoms with van der Waals surface area (Å²) in [5, 5.41) is 29.6. The number of rotatable bonds is 3. The number of H-pyrrole nitrogens is 1. The molecular weight excluding hydrogens is 330 g/mol. The largest absolute Gasteiger partial charge is 0.389 e. The van der Waals surface area contributed by atoms with Crippen molar-refractivity contribution in [1.82, 2.24) is 20.0 Å². The number of hydrogen-bond acceptors (Lipinski definition) is 6. The van der Waals surface area contributed by atoms with Gasteiger partial charge in [-0.1, -0.05) is 0 Å². The third-order valence-electron chi connectivity index (χ3n) is 3.52. The van der Waals surface area contributed by atoms with Gasteiger partial charge in [0, 0.05) is 12.8 Å². The lowest BCUT2D eigenvalue weighted by atomic mass is 9.92. The Hall–Kier alpha value is -2.92. The van der Waals surface area contributed by atoms with E-state index in [1.54, 1.807) is 0 Å². The van der Waals surface area contributed by atoms with Gasteiger partial charge in [0.1, 0.15) is 0 Å². The fourth-order valence-electron chi connectivity index (χ4n) is 2.27. The summed E-state index contributed by atoms with van der Waals surface area (Å²) in [6.07, 6.45) is 3.15. The van der Waals surface area contributed by atoms with E-state index in [0.717, 1.165) is 0 Å². The van der Waals surface area contributed by atoms with Crippen LogP contribution < -0.4 is 0 Å². The third kappa shape index (κ3) is 4.54. The topological polar surface area (TPSA) is 133 Å². The van der Waals surface area contributed by atoms with Crippen LogP contribution >= 0.6 is 0 Å². The summed E-state index contributed by atoms with van der Waals surface area (Å²) in [7, 11) is 0. The van der Waals surface area contributed by atoms with Gasteiger partial charge >= 0.3 is 11.6 Å². The van der Waals surface area contributed by atoms with Gasteiger partial charge < -0.3 is 20.2 Å². The van der Waals surface area contributed by atoms with Gasteiger partial charge in [0.15, 0.2) is 0 Å². The molecular formula is C12H14F2N6O4. The van der Waals surface area contributed by atoms with E-state index in [2.05, 4.69) is 15.3 Å². The van der Waals surface area contributed by atoms with Crippen molar-refractivity contribution in [3.8, 4) is 0 Å². The average Bonchev–Trinajstić information content (AvgIpc) is 3.20. The molecule has 12 heteroatoms. The van der Waals surface area contributed by atoms with Crippen LogP contribution in [-0.4, -0.2) is 35.7 Å². The third-order valence-corrected chi connectivity index (χ3v) is 3.52. The normalized spacial score (nSPS) is 16.9. The monoisotopic (exact) mass is 344 g/mol. The molecule has 0 aromatic carbocycles. The van der Waals surface area contributed by atoms with E-state index in [1.165, 1.54) is 29.2 Å². The fraction of sp³-hybridized carbons (Fsp3) is 0.500. The lowest BCUT2D eigenvalue weighted by molar-refractivity contribution is -0.389. The van der Waals surface area contributed by atoms with Gasteiger partial charge in [0.05, 0.1) is 40.8 Å². The number of alkyl halides is 2. The molecule has 1 N–H and O–H groups in total. The first-order chi connectivity index (χ1) is 11.3. The van der Waals surface area contributed by atoms with Gasteiger partial charge in [-0.25, -0.2) is 8.78 Å². The minimum Gasteiger partial charge on any atom is -0.358 e. The number of halogens is 2. The van der Waals surface area contributed by atoms with E-state index in [0.29, 0.717) is 12.8 Å². The van der Waals surface area contributed by atoms with Crippen molar-refractivity contribution >= 4 is 11.6 Å². The van der Waals surface area contributed by atoms with Gasteiger partial charge in [-0.15, -0.1) is 0 Å². The Balaban J connectivity index is 0.000000219. The molecule has 2 aromatic rings. The highest BCUT2D eigenvalue weighted by Gasteiger charge is 2.36. The molecule has 0 unspecified atom stereocenters. The molecule has 0 atom stereocenters. The van der Waals surface area contributed by atoms with Crippen molar-refractivity contribution < 1.29 is 18.6 Å². The highest BCUT2D eigenvalue weighted by Crippen LogP contribution is 2.38. The number of aromatic amines is 1. The molecule has 0 saturated heterocycles. The van der Waals surface area contributed by atoms with Crippen LogP contribution in [0, 0.1) is 20.2 Å². The Morgan fingerprint density at radius 2 is 1.79 bits per heavy atom. The molecule has 1 saturated carbocycles. The molecule has 1 aliphatic carbocycles. The fourth-order valence-corrected chi connectivity index (χ4v) is 2.27. The summed E-state index contributed by atoms with van der Waals surface area (Å²) in [6, 6.07) is 2.43. The first-order valence-corrected chi connectivity index (χ1v) is 7.00. The zero-order chi connectivity index (χ0) is 17.7. The predicted molar refractivity (Wildman–Crippen MR) is 76.6 cm³/mol. The summed E-state index contributed by atoms with van der Waals surface area (Å²) in [5.74, 6) is -2.97. The van der Waals surface area contributed by atoms with Crippen LogP contribution in [0.2, 0.25) is 0 Å². The maximum absolute atomic E-state index is 12.9. The highest BCUT2D eigenvalue weighted by molar-refractivity contribution is 5.14. The predicted octanol–water partition coefficient (Wildman–Crippen LogP) is 2.86. The Labute approximate surface area is 133 Å². The van der Waals surface area contributed by atoms with E-state index >= 15 is 0 Å². The quantitative estimate of drug-likeness (QED) is 0.672. The molecule has 0 aliphatic heterocycles. The standard InChI is InChI=1S/C9H11F2N3O2.C3H3N3O2/c10-9(11)4-1-7(2-5-9)13-6-3-8(12-13)14(15)16;7-6(8)3-1-2-4-5-3/h3,6-7H,1-2,4-5H2;1-2H,(H,4,5). The Morgan fingerprint density at radius 1 is 1.17 bits per heavy atom. The van der Waals surface area contributed by atoms with Crippen molar-refractivity contribution in [3.05, 3.63) is 44.8 Å². The molecule has 0 radical (unpaired) electrons. The molecule has 2 heterocycles. The van der Waals surface area contributed by atoms with E-state index in [-0.39, 0.29) is 30.5 Å². The molecule has 130 valence electrons. The summed E-state index contributed by atoms with van der Waals surface area (Å²) < 4.78 is 27.2. The maximum Gasteiger partial charge on any atom is 0.389 e. The lowest BCUT2D eigenvalue weighted by Gasteiger charge is -2.26. The molecule has 0 spiro atoms. The average molecular weight is 344 g/mol. The lowest BCUT2D eigenvalue weighted by Crippen LogP contribution is -2.26. The molecule has 0 amide bonds. The van der Waals surface area contributed by atoms with Gasteiger partial charge in [0.2, 0.25) is 5.92 Å². The number of nitrogens with zero attached hydrogens (tertiary/aromatic N) is 5. The number of aromatic nitrogens is 4. The van der Waals surface area contributed by atoms with Crippen molar-refractivity contribution in [2.24, 2.45) is 0 Å². The number of hydrogen-bond donors (Lipinski definition) is 1. The first-order valence-electron chi connectivity index (χ1n) is 7.00. The van der Waals surface area contributed by atoms with Gasteiger partial charge in [0.25, 0.3) is 0 Å². The van der Waals surface area contributed by atoms with Gasteiger partial charge in [-0.2, -0.15) is 9.78 Å². The minimum atomic E-state index is -2.59. The number of nitro groups is 2. The van der Waals surface area contributed by atoms with Crippen LogP contribution in [0.15, 0.2) is 24.5 Å². The molecule has 24 heavy (non-hydrogen) atoms. The van der Waals surface area contributed by atoms with Crippen LogP contribution in [0.5, 0.6) is 0 Å². The van der Waals surface area contributed by atoms with Crippen LogP contribution in [0.1, 0.15) is 31.7 Å². The smallest absolute Gasteiger partial charge is 0.358 e. The second-order valence-corrected chi connectivity index (χ2v) is 5.19. The molecule has 2 aromatic heterocycles. The van der Waals surface area contributed by atoms with Crippen LogP contribution in [-0.2, 0) is 0 Å². The zero-order valence-corrected chi connectivity index (χ0v) is 12.3.